The molecule has 1 aromatic rings. The van der Waals surface area contributed by atoms with Gasteiger partial charge in [0.15, 0.2) is 5.69 Å². The Morgan fingerprint density at radius 2 is 1.92 bits per heavy atom. The first-order chi connectivity index (χ1) is 11.5. The molecule has 2 heterocycles. The number of halogens is 3. The van der Waals surface area contributed by atoms with Gasteiger partial charge in [-0.1, -0.05) is 0 Å². The minimum absolute atomic E-state index is 0.0602. The molecular weight excluding hydrogens is 339 g/mol. The van der Waals surface area contributed by atoms with Crippen molar-refractivity contribution in [3.05, 3.63) is 17.7 Å². The van der Waals surface area contributed by atoms with Crippen LogP contribution in [0.15, 0.2) is 6.20 Å². The Bertz CT molecular complexity index is 600. The predicted molar refractivity (Wildman–Crippen MR) is 84.1 cm³/mol. The third-order valence-corrected chi connectivity index (χ3v) is 3.95. The molecule has 6 nitrogen and oxygen atoms in total. The molecular formula is C16H24F3N3O3. The van der Waals surface area contributed by atoms with Crippen LogP contribution in [0.2, 0.25) is 0 Å². The van der Waals surface area contributed by atoms with Gasteiger partial charge in [0.05, 0.1) is 6.61 Å². The van der Waals surface area contributed by atoms with E-state index in [2.05, 4.69) is 4.98 Å². The first-order valence-corrected chi connectivity index (χ1v) is 8.24. The van der Waals surface area contributed by atoms with Gasteiger partial charge in [0.2, 0.25) is 0 Å². The van der Waals surface area contributed by atoms with E-state index in [4.69, 9.17) is 9.84 Å². The molecule has 0 unspecified atom stereocenters. The van der Waals surface area contributed by atoms with E-state index in [0.717, 1.165) is 6.20 Å². The van der Waals surface area contributed by atoms with E-state index < -0.39 is 23.6 Å². The molecule has 9 heteroatoms. The van der Waals surface area contributed by atoms with Crippen molar-refractivity contribution in [2.24, 2.45) is 0 Å². The van der Waals surface area contributed by atoms with E-state index in [1.54, 1.807) is 25.7 Å². The molecule has 0 aromatic carbocycles. The number of aromatic nitrogens is 2. The molecule has 1 aliphatic rings. The van der Waals surface area contributed by atoms with Crippen molar-refractivity contribution in [1.29, 1.82) is 0 Å². The number of imidazole rings is 1. The second-order valence-electron chi connectivity index (χ2n) is 7.14. The van der Waals surface area contributed by atoms with Gasteiger partial charge in [0, 0.05) is 31.7 Å². The van der Waals surface area contributed by atoms with Crippen molar-refractivity contribution in [3.63, 3.8) is 0 Å². The van der Waals surface area contributed by atoms with E-state index in [1.807, 2.05) is 0 Å². The molecule has 0 aliphatic carbocycles. The molecule has 1 aliphatic heterocycles. The Balaban J connectivity index is 2.07. The maximum absolute atomic E-state index is 12.9. The lowest BCUT2D eigenvalue weighted by Crippen LogP contribution is -2.41. The van der Waals surface area contributed by atoms with Gasteiger partial charge in [-0.2, -0.15) is 13.2 Å². The Morgan fingerprint density at radius 3 is 2.40 bits per heavy atom. The van der Waals surface area contributed by atoms with Crippen LogP contribution in [-0.2, 0) is 17.5 Å². The molecule has 1 N–H and O–H groups in total. The molecule has 0 saturated carbocycles. The van der Waals surface area contributed by atoms with Gasteiger partial charge >= 0.3 is 12.3 Å². The highest BCUT2D eigenvalue weighted by molar-refractivity contribution is 5.68. The largest absolute Gasteiger partial charge is 0.444 e. The van der Waals surface area contributed by atoms with Crippen molar-refractivity contribution in [2.75, 3.05) is 19.7 Å². The Morgan fingerprint density at radius 1 is 1.32 bits per heavy atom. The van der Waals surface area contributed by atoms with Gasteiger partial charge in [-0.15, -0.1) is 0 Å². The maximum Gasteiger partial charge on any atom is 0.434 e. The average molecular weight is 363 g/mol. The third kappa shape index (κ3) is 5.10. The number of carbonyl (C=O) groups is 1. The smallest absolute Gasteiger partial charge is 0.434 e. The fourth-order valence-electron chi connectivity index (χ4n) is 2.83. The number of rotatable bonds is 3. The summed E-state index contributed by atoms with van der Waals surface area (Å²) >= 11 is 0. The number of hydrogen-bond donors (Lipinski definition) is 1. The molecule has 0 atom stereocenters. The normalized spacial score (nSPS) is 17.0. The van der Waals surface area contributed by atoms with Gasteiger partial charge in [0.1, 0.15) is 11.4 Å². The van der Waals surface area contributed by atoms with Gasteiger partial charge in [-0.3, -0.25) is 0 Å². The van der Waals surface area contributed by atoms with Crippen molar-refractivity contribution in [2.45, 2.75) is 57.9 Å². The van der Waals surface area contributed by atoms with Crippen molar-refractivity contribution >= 4 is 6.09 Å². The van der Waals surface area contributed by atoms with Crippen LogP contribution in [0.5, 0.6) is 0 Å². The number of hydrogen-bond acceptors (Lipinski definition) is 4. The van der Waals surface area contributed by atoms with Gasteiger partial charge in [-0.25, -0.2) is 9.78 Å². The molecule has 142 valence electrons. The van der Waals surface area contributed by atoms with Crippen LogP contribution in [0.4, 0.5) is 18.0 Å². The van der Waals surface area contributed by atoms with Crippen molar-refractivity contribution in [3.8, 4) is 0 Å². The minimum Gasteiger partial charge on any atom is -0.444 e. The Kier molecular flexibility index (Phi) is 5.65. The zero-order valence-corrected chi connectivity index (χ0v) is 14.6. The second kappa shape index (κ2) is 7.23. The molecule has 2 rings (SSSR count). The fraction of sp³-hybridized carbons (Fsp3) is 0.750. The lowest BCUT2D eigenvalue weighted by molar-refractivity contribution is -0.141. The van der Waals surface area contributed by atoms with E-state index in [9.17, 15) is 18.0 Å². The summed E-state index contributed by atoms with van der Waals surface area (Å²) in [5, 5.41) is 9.08. The summed E-state index contributed by atoms with van der Waals surface area (Å²) in [5.74, 6) is 0.117. The maximum atomic E-state index is 12.9. The van der Waals surface area contributed by atoms with E-state index in [-0.39, 0.29) is 19.1 Å². The highest BCUT2D eigenvalue weighted by Gasteiger charge is 2.37. The topological polar surface area (TPSA) is 67.6 Å². The number of aliphatic hydroxyl groups excluding tert-OH is 1. The van der Waals surface area contributed by atoms with Crippen LogP contribution in [-0.4, -0.2) is 50.9 Å². The molecule has 25 heavy (non-hydrogen) atoms. The van der Waals surface area contributed by atoms with E-state index in [1.165, 1.54) is 4.57 Å². The molecule has 1 fully saturated rings. The number of nitrogens with zero attached hydrogens (tertiary/aromatic N) is 3. The number of piperidine rings is 1. The van der Waals surface area contributed by atoms with Crippen molar-refractivity contribution in [1.82, 2.24) is 14.5 Å². The van der Waals surface area contributed by atoms with Crippen LogP contribution in [0.25, 0.3) is 0 Å². The third-order valence-electron chi connectivity index (χ3n) is 3.95. The van der Waals surface area contributed by atoms with Crippen LogP contribution in [0.3, 0.4) is 0 Å². The van der Waals surface area contributed by atoms with E-state index in [0.29, 0.717) is 31.8 Å². The first kappa shape index (κ1) is 19.6. The highest BCUT2D eigenvalue weighted by atomic mass is 19.4. The number of ether oxygens (including phenoxy) is 1. The standard InChI is InChI=1S/C16H24F3N3O3/c1-15(2,3)25-14(24)21-6-4-11(5-7-21)13-20-12(16(17,18)19)10-22(13)8-9-23/h10-11,23H,4-9H2,1-3H3. The lowest BCUT2D eigenvalue weighted by Gasteiger charge is -2.33. The summed E-state index contributed by atoms with van der Waals surface area (Å²) in [7, 11) is 0. The molecule has 1 saturated heterocycles. The quantitative estimate of drug-likeness (QED) is 0.896. The monoisotopic (exact) mass is 363 g/mol. The molecule has 0 radical (unpaired) electrons. The Hall–Kier alpha value is -1.77. The molecule has 1 aromatic heterocycles. The summed E-state index contributed by atoms with van der Waals surface area (Å²) in [6, 6.07) is 0. The van der Waals surface area contributed by atoms with Gasteiger partial charge in [-0.05, 0) is 33.6 Å². The highest BCUT2D eigenvalue weighted by Crippen LogP contribution is 2.33. The van der Waals surface area contributed by atoms with Crippen LogP contribution in [0.1, 0.15) is 51.0 Å². The molecule has 0 spiro atoms. The number of carbonyl (C=O) groups excluding carboxylic acids is 1. The zero-order valence-electron chi connectivity index (χ0n) is 14.6. The van der Waals surface area contributed by atoms with Crippen molar-refractivity contribution < 1.29 is 27.8 Å². The SMILES string of the molecule is CC(C)(C)OC(=O)N1CCC(c2nc(C(F)(F)F)cn2CCO)CC1. The molecule has 1 amide bonds. The van der Waals surface area contributed by atoms with Gasteiger partial charge < -0.3 is 19.3 Å². The average Bonchev–Trinajstić information content (AvgIpc) is 2.90. The number of likely N-dealkylation sites (tertiary alicyclic amines) is 1. The number of amides is 1. The lowest BCUT2D eigenvalue weighted by atomic mass is 9.96. The summed E-state index contributed by atoms with van der Waals surface area (Å²) in [6.45, 7) is 5.92. The summed E-state index contributed by atoms with van der Waals surface area (Å²) < 4.78 is 45.4. The summed E-state index contributed by atoms with van der Waals surface area (Å²) in [6.07, 6.45) is -3.00. The fourth-order valence-corrected chi connectivity index (χ4v) is 2.83. The first-order valence-electron chi connectivity index (χ1n) is 8.24. The van der Waals surface area contributed by atoms with Crippen LogP contribution >= 0.6 is 0 Å². The molecule has 0 bridgehead atoms. The number of alkyl halides is 3. The predicted octanol–water partition coefficient (Wildman–Crippen LogP) is 3.01. The summed E-state index contributed by atoms with van der Waals surface area (Å²) in [5.41, 5.74) is -1.54. The minimum atomic E-state index is -4.52. The van der Waals surface area contributed by atoms with Crippen LogP contribution < -0.4 is 0 Å². The van der Waals surface area contributed by atoms with Crippen LogP contribution in [0, 0.1) is 0 Å². The number of aliphatic hydroxyl groups is 1. The second-order valence-corrected chi connectivity index (χ2v) is 7.14. The zero-order chi connectivity index (χ0) is 18.8. The van der Waals surface area contributed by atoms with Gasteiger partial charge in [0.25, 0.3) is 0 Å². The Labute approximate surface area is 144 Å². The van der Waals surface area contributed by atoms with E-state index >= 15 is 0 Å². The summed E-state index contributed by atoms with van der Waals surface area (Å²) in [4.78, 5) is 17.4.